The highest BCUT2D eigenvalue weighted by atomic mass is 35.5. The Kier molecular flexibility index (Phi) is 5.34. The largest absolute Gasteiger partial charge is 0.369 e. The van der Waals surface area contributed by atoms with Crippen molar-refractivity contribution in [2.45, 2.75) is 19.4 Å². The van der Waals surface area contributed by atoms with Gasteiger partial charge < -0.3 is 10.2 Å². The first-order valence-electron chi connectivity index (χ1n) is 7.23. The normalized spacial score (nSPS) is 20.0. The van der Waals surface area contributed by atoms with Crippen LogP contribution in [0.3, 0.4) is 0 Å². The van der Waals surface area contributed by atoms with E-state index in [1.807, 2.05) is 24.3 Å². The van der Waals surface area contributed by atoms with E-state index in [4.69, 9.17) is 11.6 Å². The molecule has 7 heteroatoms. The Morgan fingerprint density at radius 3 is 2.86 bits per heavy atom. The van der Waals surface area contributed by atoms with Gasteiger partial charge in [0.2, 0.25) is 5.91 Å². The van der Waals surface area contributed by atoms with Crippen LogP contribution in [0.2, 0.25) is 5.02 Å². The highest BCUT2D eigenvalue weighted by molar-refractivity contribution is 7.90. The molecule has 22 heavy (non-hydrogen) atoms. The highest BCUT2D eigenvalue weighted by Crippen LogP contribution is 2.23. The summed E-state index contributed by atoms with van der Waals surface area (Å²) in [5.74, 6) is -0.859. The van der Waals surface area contributed by atoms with E-state index in [1.165, 1.54) is 0 Å². The SMILES string of the molecule is CC(CS(C)(=O)=O)C(=O)NC1CCN(c2cccc(Cl)c2)C1. The van der Waals surface area contributed by atoms with Crippen molar-refractivity contribution >= 4 is 33.0 Å². The molecule has 122 valence electrons. The van der Waals surface area contributed by atoms with Crippen molar-refractivity contribution in [2.75, 3.05) is 30.0 Å². The van der Waals surface area contributed by atoms with E-state index in [9.17, 15) is 13.2 Å². The number of nitrogens with zero attached hydrogens (tertiary/aromatic N) is 1. The van der Waals surface area contributed by atoms with Gasteiger partial charge in [-0.25, -0.2) is 8.42 Å². The summed E-state index contributed by atoms with van der Waals surface area (Å²) in [5.41, 5.74) is 1.04. The van der Waals surface area contributed by atoms with Crippen LogP contribution in [0.25, 0.3) is 0 Å². The van der Waals surface area contributed by atoms with Gasteiger partial charge >= 0.3 is 0 Å². The minimum atomic E-state index is -3.15. The van der Waals surface area contributed by atoms with Gasteiger partial charge in [-0.1, -0.05) is 24.6 Å². The number of amides is 1. The molecule has 1 fully saturated rings. The van der Waals surface area contributed by atoms with Crippen molar-refractivity contribution in [3.8, 4) is 0 Å². The van der Waals surface area contributed by atoms with Crippen LogP contribution in [0.1, 0.15) is 13.3 Å². The van der Waals surface area contributed by atoms with Gasteiger partial charge in [-0.3, -0.25) is 4.79 Å². The molecule has 1 N–H and O–H groups in total. The number of anilines is 1. The highest BCUT2D eigenvalue weighted by Gasteiger charge is 2.26. The van der Waals surface area contributed by atoms with Crippen LogP contribution in [0.4, 0.5) is 5.69 Å². The second kappa shape index (κ2) is 6.87. The summed E-state index contributed by atoms with van der Waals surface area (Å²) in [6, 6.07) is 7.65. The van der Waals surface area contributed by atoms with E-state index in [0.29, 0.717) is 11.6 Å². The van der Waals surface area contributed by atoms with Crippen molar-refractivity contribution in [2.24, 2.45) is 5.92 Å². The quantitative estimate of drug-likeness (QED) is 0.883. The van der Waals surface area contributed by atoms with E-state index in [-0.39, 0.29) is 17.7 Å². The molecule has 0 spiro atoms. The van der Waals surface area contributed by atoms with Crippen LogP contribution in [0.5, 0.6) is 0 Å². The van der Waals surface area contributed by atoms with Crippen LogP contribution in [0.15, 0.2) is 24.3 Å². The molecular formula is C15H21ClN2O3S. The lowest BCUT2D eigenvalue weighted by molar-refractivity contribution is -0.124. The Morgan fingerprint density at radius 1 is 1.50 bits per heavy atom. The van der Waals surface area contributed by atoms with Crippen LogP contribution in [-0.4, -0.2) is 45.5 Å². The fourth-order valence-corrected chi connectivity index (χ4v) is 3.90. The van der Waals surface area contributed by atoms with Crippen molar-refractivity contribution < 1.29 is 13.2 Å². The number of sulfone groups is 1. The van der Waals surface area contributed by atoms with E-state index in [2.05, 4.69) is 10.2 Å². The summed E-state index contributed by atoms with van der Waals surface area (Å²) in [7, 11) is -3.15. The van der Waals surface area contributed by atoms with Crippen LogP contribution in [-0.2, 0) is 14.6 Å². The lowest BCUT2D eigenvalue weighted by atomic mass is 10.2. The second-order valence-corrected chi connectivity index (χ2v) is 8.53. The van der Waals surface area contributed by atoms with Gasteiger partial charge in [0, 0.05) is 42.0 Å². The molecule has 1 saturated heterocycles. The zero-order chi connectivity index (χ0) is 16.3. The van der Waals surface area contributed by atoms with Gasteiger partial charge in [0.25, 0.3) is 0 Å². The fourth-order valence-electron chi connectivity index (χ4n) is 2.66. The molecule has 1 aliphatic rings. The molecule has 0 bridgehead atoms. The van der Waals surface area contributed by atoms with Crippen molar-refractivity contribution in [1.29, 1.82) is 0 Å². The number of hydrogen-bond donors (Lipinski definition) is 1. The summed E-state index contributed by atoms with van der Waals surface area (Å²) in [6.07, 6.45) is 1.98. The number of rotatable bonds is 5. The molecule has 1 aliphatic heterocycles. The lowest BCUT2D eigenvalue weighted by Crippen LogP contribution is -2.41. The zero-order valence-corrected chi connectivity index (χ0v) is 14.3. The summed E-state index contributed by atoms with van der Waals surface area (Å²) < 4.78 is 22.5. The monoisotopic (exact) mass is 344 g/mol. The molecule has 0 aliphatic carbocycles. The first kappa shape index (κ1) is 17.1. The number of benzene rings is 1. The Morgan fingerprint density at radius 2 is 2.23 bits per heavy atom. The predicted molar refractivity (Wildman–Crippen MR) is 89.1 cm³/mol. The summed E-state index contributed by atoms with van der Waals surface area (Å²) in [4.78, 5) is 14.2. The average molecular weight is 345 g/mol. The van der Waals surface area contributed by atoms with Gasteiger partial charge in [0.15, 0.2) is 0 Å². The van der Waals surface area contributed by atoms with E-state index in [0.717, 1.165) is 24.9 Å². The van der Waals surface area contributed by atoms with E-state index < -0.39 is 15.8 Å². The standard InChI is InChI=1S/C15H21ClN2O3S/c1-11(10-22(2,20)21)15(19)17-13-6-7-18(9-13)14-5-3-4-12(16)8-14/h3-5,8,11,13H,6-7,9-10H2,1-2H3,(H,17,19). The number of carbonyl (C=O) groups is 1. The van der Waals surface area contributed by atoms with Gasteiger partial charge in [-0.05, 0) is 24.6 Å². The Balaban J connectivity index is 1.90. The Labute approximate surface area is 136 Å². The number of halogens is 1. The van der Waals surface area contributed by atoms with Crippen LogP contribution < -0.4 is 10.2 Å². The minimum Gasteiger partial charge on any atom is -0.369 e. The maximum atomic E-state index is 12.1. The van der Waals surface area contributed by atoms with Gasteiger partial charge in [-0.2, -0.15) is 0 Å². The molecule has 1 amide bonds. The van der Waals surface area contributed by atoms with E-state index >= 15 is 0 Å². The third-order valence-electron chi connectivity index (χ3n) is 3.71. The van der Waals surface area contributed by atoms with Crippen molar-refractivity contribution in [3.63, 3.8) is 0 Å². The lowest BCUT2D eigenvalue weighted by Gasteiger charge is -2.20. The first-order valence-corrected chi connectivity index (χ1v) is 9.67. The third-order valence-corrected chi connectivity index (χ3v) is 5.05. The smallest absolute Gasteiger partial charge is 0.224 e. The molecule has 0 radical (unpaired) electrons. The molecule has 2 rings (SSSR count). The predicted octanol–water partition coefficient (Wildman–Crippen LogP) is 1.72. The van der Waals surface area contributed by atoms with Crippen LogP contribution in [0, 0.1) is 5.92 Å². The molecule has 5 nitrogen and oxygen atoms in total. The molecule has 1 aromatic carbocycles. The summed E-state index contributed by atoms with van der Waals surface area (Å²) >= 11 is 5.99. The van der Waals surface area contributed by atoms with Crippen molar-refractivity contribution in [1.82, 2.24) is 5.32 Å². The van der Waals surface area contributed by atoms with Gasteiger partial charge in [-0.15, -0.1) is 0 Å². The van der Waals surface area contributed by atoms with E-state index in [1.54, 1.807) is 6.92 Å². The maximum absolute atomic E-state index is 12.1. The number of hydrogen-bond acceptors (Lipinski definition) is 4. The fraction of sp³-hybridized carbons (Fsp3) is 0.533. The van der Waals surface area contributed by atoms with Gasteiger partial charge in [0.1, 0.15) is 9.84 Å². The third kappa shape index (κ3) is 4.88. The Hall–Kier alpha value is -1.27. The molecular weight excluding hydrogens is 324 g/mol. The molecule has 1 heterocycles. The summed E-state index contributed by atoms with van der Waals surface area (Å²) in [6.45, 7) is 3.18. The van der Waals surface area contributed by atoms with Gasteiger partial charge in [0.05, 0.1) is 5.75 Å². The molecule has 2 atom stereocenters. The molecule has 2 unspecified atom stereocenters. The first-order chi connectivity index (χ1) is 10.2. The topological polar surface area (TPSA) is 66.5 Å². The number of carbonyl (C=O) groups excluding carboxylic acids is 1. The average Bonchev–Trinajstić information content (AvgIpc) is 2.85. The zero-order valence-electron chi connectivity index (χ0n) is 12.8. The molecule has 0 saturated carbocycles. The number of nitrogens with one attached hydrogen (secondary N) is 1. The Bertz CT molecular complexity index is 648. The second-order valence-electron chi connectivity index (χ2n) is 5.91. The summed E-state index contributed by atoms with van der Waals surface area (Å²) in [5, 5.41) is 3.62. The molecule has 0 aromatic heterocycles. The molecule has 1 aromatic rings. The maximum Gasteiger partial charge on any atom is 0.224 e. The van der Waals surface area contributed by atoms with Crippen molar-refractivity contribution in [3.05, 3.63) is 29.3 Å². The minimum absolute atomic E-state index is 0.0356. The van der Waals surface area contributed by atoms with Crippen LogP contribution >= 0.6 is 11.6 Å².